The van der Waals surface area contributed by atoms with Crippen molar-refractivity contribution in [2.24, 2.45) is 0 Å². The third-order valence-electron chi connectivity index (χ3n) is 0. The zero-order valence-electron chi connectivity index (χ0n) is 3.63. The Morgan fingerprint density at radius 1 is 1.67 bits per heavy atom. The standard InChI is InChI=1S/C2H4O2.Na.Pd/c1-2(3)4;;/h1H3,(H,3,4);;/q;+1;/p-1. The molecule has 0 bridgehead atoms. The quantitative estimate of drug-likeness (QED) is 0.362. The van der Waals surface area contributed by atoms with Crippen LogP contribution in [0.25, 0.3) is 0 Å². The summed E-state index contributed by atoms with van der Waals surface area (Å²) < 4.78 is 0. The van der Waals surface area contributed by atoms with Crippen molar-refractivity contribution in [3.05, 3.63) is 0 Å². The zero-order chi connectivity index (χ0) is 3.58. The molecule has 0 aliphatic carbocycles. The normalized spacial score (nSPS) is 4.17. The summed E-state index contributed by atoms with van der Waals surface area (Å²) in [5.41, 5.74) is 0. The maximum atomic E-state index is 8.89. The Labute approximate surface area is 72.3 Å². The maximum absolute atomic E-state index is 8.89. The van der Waals surface area contributed by atoms with E-state index in [-0.39, 0.29) is 50.0 Å². The molecule has 0 aromatic rings. The predicted molar refractivity (Wildman–Crippen MR) is 10.7 cm³/mol. The molecule has 0 amide bonds. The molecule has 0 unspecified atom stereocenters. The van der Waals surface area contributed by atoms with Crippen LogP contribution in [0.15, 0.2) is 0 Å². The van der Waals surface area contributed by atoms with Crippen LogP contribution in [0, 0.1) is 0 Å². The van der Waals surface area contributed by atoms with Crippen molar-refractivity contribution < 1.29 is 59.9 Å². The summed E-state index contributed by atoms with van der Waals surface area (Å²) in [7, 11) is 0. The van der Waals surface area contributed by atoms with Gasteiger partial charge >= 0.3 is 29.6 Å². The van der Waals surface area contributed by atoms with E-state index in [9.17, 15) is 0 Å². The molecule has 6 heavy (non-hydrogen) atoms. The van der Waals surface area contributed by atoms with Crippen molar-refractivity contribution in [2.45, 2.75) is 6.92 Å². The van der Waals surface area contributed by atoms with Crippen molar-refractivity contribution in [2.75, 3.05) is 0 Å². The van der Waals surface area contributed by atoms with Gasteiger partial charge in [0.2, 0.25) is 0 Å². The molecule has 0 fully saturated rings. The second kappa shape index (κ2) is 9.46. The zero-order valence-corrected chi connectivity index (χ0v) is 7.19. The van der Waals surface area contributed by atoms with E-state index < -0.39 is 5.97 Å². The van der Waals surface area contributed by atoms with Crippen LogP contribution in [0.3, 0.4) is 0 Å². The van der Waals surface area contributed by atoms with Gasteiger partial charge in [-0.15, -0.1) is 0 Å². The smallest absolute Gasteiger partial charge is 0.550 e. The monoisotopic (exact) mass is 188 g/mol. The van der Waals surface area contributed by atoms with E-state index in [4.69, 9.17) is 9.90 Å². The Hall–Kier alpha value is 1.13. The van der Waals surface area contributed by atoms with Gasteiger partial charge in [0.1, 0.15) is 0 Å². The molecule has 0 atom stereocenters. The van der Waals surface area contributed by atoms with Crippen LogP contribution in [0.1, 0.15) is 6.92 Å². The summed E-state index contributed by atoms with van der Waals surface area (Å²) in [5, 5.41) is 8.89. The predicted octanol–water partition coefficient (Wildman–Crippen LogP) is -4.24. The van der Waals surface area contributed by atoms with Crippen LogP contribution in [-0.2, 0) is 25.2 Å². The van der Waals surface area contributed by atoms with Gasteiger partial charge in [0.25, 0.3) is 0 Å². The second-order valence-electron chi connectivity index (χ2n) is 0.492. The number of carboxylic acid groups (broad SMARTS) is 1. The summed E-state index contributed by atoms with van der Waals surface area (Å²) in [6.07, 6.45) is 0. The molecule has 0 aliphatic rings. The van der Waals surface area contributed by atoms with Crippen LogP contribution in [0.5, 0.6) is 0 Å². The molecule has 34 valence electrons. The van der Waals surface area contributed by atoms with Gasteiger partial charge in [-0.2, -0.15) is 0 Å². The van der Waals surface area contributed by atoms with Crippen LogP contribution in [0.2, 0.25) is 0 Å². The van der Waals surface area contributed by atoms with Gasteiger partial charge in [0.05, 0.1) is 0 Å². The molecule has 0 aromatic heterocycles. The van der Waals surface area contributed by atoms with E-state index in [2.05, 4.69) is 0 Å². The fourth-order valence-corrected chi connectivity index (χ4v) is 0. The first-order valence-electron chi connectivity index (χ1n) is 0.908. The van der Waals surface area contributed by atoms with Gasteiger partial charge in [-0.1, -0.05) is 0 Å². The van der Waals surface area contributed by atoms with E-state index in [1.54, 1.807) is 0 Å². The Bertz CT molecular complexity index is 34.5. The topological polar surface area (TPSA) is 40.1 Å². The third-order valence-corrected chi connectivity index (χ3v) is 0. The number of carbonyl (C=O) groups excluding carboxylic acids is 1. The first kappa shape index (κ1) is 15.7. The van der Waals surface area contributed by atoms with Crippen molar-refractivity contribution in [1.82, 2.24) is 0 Å². The number of carbonyl (C=O) groups is 1. The summed E-state index contributed by atoms with van der Waals surface area (Å²) in [4.78, 5) is 8.89. The molecule has 2 nitrogen and oxygen atoms in total. The van der Waals surface area contributed by atoms with Gasteiger partial charge in [-0.3, -0.25) is 0 Å². The molecular weight excluding hydrogens is 185 g/mol. The van der Waals surface area contributed by atoms with E-state index in [1.807, 2.05) is 0 Å². The molecule has 0 saturated heterocycles. The van der Waals surface area contributed by atoms with Gasteiger partial charge in [0, 0.05) is 26.4 Å². The van der Waals surface area contributed by atoms with E-state index >= 15 is 0 Å². The molecule has 0 saturated carbocycles. The summed E-state index contributed by atoms with van der Waals surface area (Å²) in [6.45, 7) is 0.972. The minimum absolute atomic E-state index is 0. The summed E-state index contributed by atoms with van der Waals surface area (Å²) in [5.74, 6) is -1.08. The number of hydrogen-bond acceptors (Lipinski definition) is 2. The van der Waals surface area contributed by atoms with Crippen molar-refractivity contribution in [3.63, 3.8) is 0 Å². The van der Waals surface area contributed by atoms with Gasteiger partial charge in [0.15, 0.2) is 0 Å². The van der Waals surface area contributed by atoms with Crippen LogP contribution in [0.4, 0.5) is 0 Å². The Kier molecular flexibility index (Phi) is 24.8. The number of rotatable bonds is 0. The molecule has 4 heteroatoms. The Balaban J connectivity index is -0.0000000450. The summed E-state index contributed by atoms with van der Waals surface area (Å²) >= 11 is 0. The molecule has 0 heterocycles. The summed E-state index contributed by atoms with van der Waals surface area (Å²) in [6, 6.07) is 0. The maximum Gasteiger partial charge on any atom is 1.00 e. The molecule has 0 aliphatic heterocycles. The Morgan fingerprint density at radius 2 is 1.67 bits per heavy atom. The fraction of sp³-hybridized carbons (Fsp3) is 0.500. The third kappa shape index (κ3) is 68.4. The van der Waals surface area contributed by atoms with Crippen molar-refractivity contribution in [1.29, 1.82) is 0 Å². The van der Waals surface area contributed by atoms with Gasteiger partial charge in [-0.05, 0) is 6.92 Å². The van der Waals surface area contributed by atoms with E-state index in [1.165, 1.54) is 0 Å². The van der Waals surface area contributed by atoms with Crippen LogP contribution < -0.4 is 34.7 Å². The molecule has 0 rings (SSSR count). The minimum atomic E-state index is -1.08. The number of aliphatic carboxylic acids is 1. The first-order chi connectivity index (χ1) is 1.73. The van der Waals surface area contributed by atoms with Gasteiger partial charge < -0.3 is 9.90 Å². The number of carboxylic acids is 1. The second-order valence-corrected chi connectivity index (χ2v) is 0.492. The molecular formula is C2H3NaO2Pd. The van der Waals surface area contributed by atoms with Crippen molar-refractivity contribution >= 4 is 5.97 Å². The Morgan fingerprint density at radius 3 is 1.67 bits per heavy atom. The molecule has 0 radical (unpaired) electrons. The molecule has 0 N–H and O–H groups in total. The van der Waals surface area contributed by atoms with E-state index in [0.29, 0.717) is 0 Å². The molecule has 0 aromatic carbocycles. The minimum Gasteiger partial charge on any atom is -0.550 e. The van der Waals surface area contributed by atoms with Gasteiger partial charge in [-0.25, -0.2) is 0 Å². The molecule has 0 spiro atoms. The van der Waals surface area contributed by atoms with Crippen LogP contribution in [-0.4, -0.2) is 5.97 Å². The van der Waals surface area contributed by atoms with E-state index in [0.717, 1.165) is 6.92 Å². The van der Waals surface area contributed by atoms with Crippen LogP contribution >= 0.6 is 0 Å². The number of hydrogen-bond donors (Lipinski definition) is 0. The SMILES string of the molecule is CC(=O)[O-].[Na+].[Pd]. The average molecular weight is 188 g/mol. The fourth-order valence-electron chi connectivity index (χ4n) is 0. The largest absolute Gasteiger partial charge is 1.00 e. The van der Waals surface area contributed by atoms with Crippen molar-refractivity contribution in [3.8, 4) is 0 Å². The average Bonchev–Trinajstić information content (AvgIpc) is 0.811. The first-order valence-corrected chi connectivity index (χ1v) is 0.908.